The maximum Gasteiger partial charge on any atom is 0.387 e. The van der Waals surface area contributed by atoms with E-state index in [9.17, 15) is 13.6 Å². The second kappa shape index (κ2) is 11.3. The molecule has 0 aliphatic rings. The van der Waals surface area contributed by atoms with Crippen LogP contribution in [0.1, 0.15) is 12.5 Å². The van der Waals surface area contributed by atoms with Crippen LogP contribution in [0.3, 0.4) is 0 Å². The fourth-order valence-electron chi connectivity index (χ4n) is 2.80. The standard InChI is InChI=1S/C21H23F2N5O3S/c1-2-30-16-9-5-15(6-10-16)19-26-27-21(28(19)24)32-13-18(29)25-12-11-14-3-7-17(8-4-14)31-20(22)23/h3-10,20H,2,11-13,24H2,1H3,(H,25,29). The Bertz CT molecular complexity index is 1010. The van der Waals surface area contributed by atoms with E-state index in [1.807, 2.05) is 31.2 Å². The second-order valence-corrected chi connectivity index (χ2v) is 7.49. The maximum absolute atomic E-state index is 12.2. The van der Waals surface area contributed by atoms with Gasteiger partial charge < -0.3 is 20.6 Å². The van der Waals surface area contributed by atoms with E-state index in [0.717, 1.165) is 16.9 Å². The van der Waals surface area contributed by atoms with Crippen molar-refractivity contribution in [2.75, 3.05) is 24.7 Å². The molecule has 0 aliphatic carbocycles. The van der Waals surface area contributed by atoms with Crippen LogP contribution in [0.4, 0.5) is 8.78 Å². The molecular formula is C21H23F2N5O3S. The van der Waals surface area contributed by atoms with Crippen LogP contribution in [-0.2, 0) is 11.2 Å². The van der Waals surface area contributed by atoms with Crippen LogP contribution in [0.5, 0.6) is 11.5 Å². The lowest BCUT2D eigenvalue weighted by atomic mass is 10.1. The number of amides is 1. The average molecular weight is 464 g/mol. The van der Waals surface area contributed by atoms with Gasteiger partial charge in [-0.3, -0.25) is 4.79 Å². The van der Waals surface area contributed by atoms with E-state index in [-0.39, 0.29) is 17.4 Å². The minimum atomic E-state index is -2.85. The Morgan fingerprint density at radius 2 is 1.81 bits per heavy atom. The molecular weight excluding hydrogens is 440 g/mol. The average Bonchev–Trinajstić information content (AvgIpc) is 3.14. The number of aromatic nitrogens is 3. The molecule has 0 spiro atoms. The Morgan fingerprint density at radius 1 is 1.12 bits per heavy atom. The lowest BCUT2D eigenvalue weighted by Crippen LogP contribution is -2.27. The molecule has 0 unspecified atom stereocenters. The Labute approximate surface area is 188 Å². The van der Waals surface area contributed by atoms with Gasteiger partial charge in [0, 0.05) is 12.1 Å². The molecule has 0 saturated heterocycles. The number of nitrogens with one attached hydrogen (secondary N) is 1. The smallest absolute Gasteiger partial charge is 0.387 e. The first kappa shape index (κ1) is 23.3. The zero-order chi connectivity index (χ0) is 22.9. The summed E-state index contributed by atoms with van der Waals surface area (Å²) in [4.78, 5) is 12.1. The van der Waals surface area contributed by atoms with Gasteiger partial charge in [0.2, 0.25) is 11.1 Å². The first-order chi connectivity index (χ1) is 15.5. The van der Waals surface area contributed by atoms with Crippen molar-refractivity contribution in [2.24, 2.45) is 0 Å². The number of nitrogen functional groups attached to an aromatic ring is 1. The van der Waals surface area contributed by atoms with Crippen LogP contribution in [0.2, 0.25) is 0 Å². The molecule has 0 aliphatic heterocycles. The number of ether oxygens (including phenoxy) is 2. The van der Waals surface area contributed by atoms with Crippen molar-refractivity contribution < 1.29 is 23.0 Å². The predicted molar refractivity (Wildman–Crippen MR) is 117 cm³/mol. The van der Waals surface area contributed by atoms with Crippen molar-refractivity contribution >= 4 is 17.7 Å². The summed E-state index contributed by atoms with van der Waals surface area (Å²) in [7, 11) is 0. The van der Waals surface area contributed by atoms with Crippen molar-refractivity contribution in [1.29, 1.82) is 0 Å². The van der Waals surface area contributed by atoms with E-state index < -0.39 is 6.61 Å². The molecule has 170 valence electrons. The molecule has 1 heterocycles. The molecule has 11 heteroatoms. The van der Waals surface area contributed by atoms with E-state index in [1.54, 1.807) is 12.1 Å². The van der Waals surface area contributed by atoms with Gasteiger partial charge in [0.05, 0.1) is 12.4 Å². The fraction of sp³-hybridized carbons (Fsp3) is 0.286. The highest BCUT2D eigenvalue weighted by molar-refractivity contribution is 7.99. The molecule has 8 nitrogen and oxygen atoms in total. The van der Waals surface area contributed by atoms with Gasteiger partial charge in [0.1, 0.15) is 11.5 Å². The summed E-state index contributed by atoms with van der Waals surface area (Å²) in [6, 6.07) is 13.6. The van der Waals surface area contributed by atoms with Crippen molar-refractivity contribution in [1.82, 2.24) is 20.2 Å². The number of nitrogens with zero attached hydrogens (tertiary/aromatic N) is 3. The van der Waals surface area contributed by atoms with Gasteiger partial charge in [0.25, 0.3) is 0 Å². The van der Waals surface area contributed by atoms with Gasteiger partial charge in [-0.25, -0.2) is 4.68 Å². The number of hydrogen-bond acceptors (Lipinski definition) is 7. The van der Waals surface area contributed by atoms with E-state index in [1.165, 1.54) is 28.6 Å². The largest absolute Gasteiger partial charge is 0.494 e. The van der Waals surface area contributed by atoms with Crippen molar-refractivity contribution in [3.63, 3.8) is 0 Å². The zero-order valence-electron chi connectivity index (χ0n) is 17.3. The van der Waals surface area contributed by atoms with Crippen LogP contribution < -0.4 is 20.6 Å². The van der Waals surface area contributed by atoms with Crippen molar-refractivity contribution in [2.45, 2.75) is 25.1 Å². The van der Waals surface area contributed by atoms with Crippen LogP contribution in [0.25, 0.3) is 11.4 Å². The molecule has 3 rings (SSSR count). The summed E-state index contributed by atoms with van der Waals surface area (Å²) in [5.41, 5.74) is 1.67. The Morgan fingerprint density at radius 3 is 2.47 bits per heavy atom. The fourth-order valence-corrected chi connectivity index (χ4v) is 3.49. The number of hydrogen-bond donors (Lipinski definition) is 2. The lowest BCUT2D eigenvalue weighted by molar-refractivity contribution is -0.118. The minimum Gasteiger partial charge on any atom is -0.494 e. The molecule has 0 atom stereocenters. The lowest BCUT2D eigenvalue weighted by Gasteiger charge is -2.07. The monoisotopic (exact) mass is 463 g/mol. The number of nitrogens with two attached hydrogens (primary N) is 1. The van der Waals surface area contributed by atoms with Crippen LogP contribution in [0.15, 0.2) is 53.7 Å². The molecule has 0 fully saturated rings. The molecule has 1 amide bonds. The van der Waals surface area contributed by atoms with Gasteiger partial charge in [-0.1, -0.05) is 23.9 Å². The third-order valence-electron chi connectivity index (χ3n) is 4.30. The number of benzene rings is 2. The first-order valence-corrected chi connectivity index (χ1v) is 10.8. The zero-order valence-corrected chi connectivity index (χ0v) is 18.1. The summed E-state index contributed by atoms with van der Waals surface area (Å²) in [5.74, 6) is 7.36. The molecule has 0 radical (unpaired) electrons. The number of rotatable bonds is 11. The molecule has 1 aromatic heterocycles. The Balaban J connectivity index is 1.45. The quantitative estimate of drug-likeness (QED) is 0.333. The van der Waals surface area contributed by atoms with Gasteiger partial charge in [-0.05, 0) is 55.3 Å². The molecule has 0 bridgehead atoms. The Hall–Kier alpha value is -3.34. The van der Waals surface area contributed by atoms with Gasteiger partial charge in [-0.15, -0.1) is 10.2 Å². The SMILES string of the molecule is CCOc1ccc(-c2nnc(SCC(=O)NCCc3ccc(OC(F)F)cc3)n2N)cc1. The number of carbonyl (C=O) groups is 1. The number of thioether (sulfide) groups is 1. The predicted octanol–water partition coefficient (Wildman–Crippen LogP) is 3.11. The molecule has 3 N–H and O–H groups in total. The first-order valence-electron chi connectivity index (χ1n) is 9.83. The summed E-state index contributed by atoms with van der Waals surface area (Å²) < 4.78 is 35.4. The van der Waals surface area contributed by atoms with Crippen LogP contribution in [-0.4, -0.2) is 46.3 Å². The minimum absolute atomic E-state index is 0.0969. The van der Waals surface area contributed by atoms with E-state index in [2.05, 4.69) is 20.3 Å². The van der Waals surface area contributed by atoms with Crippen molar-refractivity contribution in [3.05, 3.63) is 54.1 Å². The highest BCUT2D eigenvalue weighted by Gasteiger charge is 2.14. The molecule has 32 heavy (non-hydrogen) atoms. The number of carbonyl (C=O) groups excluding carboxylic acids is 1. The molecule has 0 saturated carbocycles. The Kier molecular flexibility index (Phi) is 8.26. The molecule has 3 aromatic rings. The maximum atomic E-state index is 12.2. The van der Waals surface area contributed by atoms with Crippen LogP contribution in [0, 0.1) is 0 Å². The normalized spacial score (nSPS) is 10.9. The molecule has 2 aromatic carbocycles. The third kappa shape index (κ3) is 6.58. The van der Waals surface area contributed by atoms with E-state index in [4.69, 9.17) is 10.6 Å². The van der Waals surface area contributed by atoms with Gasteiger partial charge >= 0.3 is 6.61 Å². The topological polar surface area (TPSA) is 104 Å². The third-order valence-corrected chi connectivity index (χ3v) is 5.25. The van der Waals surface area contributed by atoms with E-state index >= 15 is 0 Å². The number of alkyl halides is 2. The summed E-state index contributed by atoms with van der Waals surface area (Å²) in [5, 5.41) is 11.4. The van der Waals surface area contributed by atoms with Crippen molar-refractivity contribution in [3.8, 4) is 22.9 Å². The van der Waals surface area contributed by atoms with E-state index in [0.29, 0.717) is 30.6 Å². The summed E-state index contributed by atoms with van der Waals surface area (Å²) in [6.45, 7) is 0.0447. The highest BCUT2D eigenvalue weighted by atomic mass is 32.2. The van der Waals surface area contributed by atoms with Crippen LogP contribution >= 0.6 is 11.8 Å². The van der Waals surface area contributed by atoms with Gasteiger partial charge in [0.15, 0.2) is 5.82 Å². The van der Waals surface area contributed by atoms with Gasteiger partial charge in [-0.2, -0.15) is 8.78 Å². The highest BCUT2D eigenvalue weighted by Crippen LogP contribution is 2.23. The second-order valence-electron chi connectivity index (χ2n) is 6.54. The summed E-state index contributed by atoms with van der Waals surface area (Å²) >= 11 is 1.18. The summed E-state index contributed by atoms with van der Waals surface area (Å²) in [6.07, 6.45) is 0.556. The number of halogens is 2.